The van der Waals surface area contributed by atoms with Crippen LogP contribution in [-0.2, 0) is 0 Å². The normalized spacial score (nSPS) is 11.6. The van der Waals surface area contributed by atoms with Crippen LogP contribution in [0.2, 0.25) is 0 Å². The molecule has 0 saturated heterocycles. The second-order valence-corrected chi connectivity index (χ2v) is 14.1. The number of fused-ring (bicyclic) bond motifs is 2. The molecule has 0 saturated carbocycles. The van der Waals surface area contributed by atoms with E-state index in [1.807, 2.05) is 12.1 Å². The minimum absolute atomic E-state index is 0.626. The van der Waals surface area contributed by atoms with Gasteiger partial charge in [0.15, 0.2) is 11.2 Å². The number of hydrogen-bond acceptors (Lipinski definition) is 6. The number of rotatable bonds is 24. The van der Waals surface area contributed by atoms with E-state index in [0.29, 0.717) is 11.8 Å². The van der Waals surface area contributed by atoms with Crippen LogP contribution in [0.5, 0.6) is 0 Å². The summed E-state index contributed by atoms with van der Waals surface area (Å²) in [5.74, 6) is 1.25. The van der Waals surface area contributed by atoms with E-state index in [1.165, 1.54) is 114 Å². The average molecular weight is 679 g/mol. The quantitative estimate of drug-likeness (QED) is 0.0605. The van der Waals surface area contributed by atoms with Gasteiger partial charge in [-0.05, 0) is 74.2 Å². The van der Waals surface area contributed by atoms with Gasteiger partial charge >= 0.3 is 0 Å². The predicted molar refractivity (Wildman–Crippen MR) is 213 cm³/mol. The minimum atomic E-state index is 0.626. The number of unbranched alkanes of at least 4 members (excludes halogenated alkanes) is 12. The summed E-state index contributed by atoms with van der Waals surface area (Å²) in [4.78, 5) is 14.8. The molecule has 50 heavy (non-hydrogen) atoms. The fourth-order valence-electron chi connectivity index (χ4n) is 6.88. The van der Waals surface area contributed by atoms with Gasteiger partial charge in [0.25, 0.3) is 0 Å². The first-order valence-corrected chi connectivity index (χ1v) is 20.0. The molecule has 0 spiro atoms. The first-order valence-electron chi connectivity index (χ1n) is 20.0. The van der Waals surface area contributed by atoms with Crippen molar-refractivity contribution >= 4 is 33.6 Å². The monoisotopic (exact) mass is 678 g/mol. The van der Waals surface area contributed by atoms with E-state index < -0.39 is 0 Å². The molecular weight excluding hydrogens is 617 g/mol. The van der Waals surface area contributed by atoms with Crippen LogP contribution in [0.1, 0.15) is 130 Å². The number of oxazole rings is 2. The van der Waals surface area contributed by atoms with Crippen LogP contribution in [0.4, 0.5) is 11.4 Å². The lowest BCUT2D eigenvalue weighted by Gasteiger charge is -2.25. The van der Waals surface area contributed by atoms with E-state index >= 15 is 0 Å². The highest BCUT2D eigenvalue weighted by molar-refractivity contribution is 5.91. The lowest BCUT2D eigenvalue weighted by molar-refractivity contribution is 0.608. The third kappa shape index (κ3) is 10.6. The van der Waals surface area contributed by atoms with E-state index in [0.717, 1.165) is 59.5 Å². The molecule has 5 rings (SSSR count). The molecule has 0 fully saturated rings. The Hall–Kier alpha value is -3.80. The van der Waals surface area contributed by atoms with Crippen LogP contribution in [-0.4, -0.2) is 36.1 Å². The second-order valence-electron chi connectivity index (χ2n) is 14.1. The molecule has 0 aliphatic heterocycles. The number of anilines is 2. The molecule has 6 heteroatoms. The van der Waals surface area contributed by atoms with E-state index in [1.54, 1.807) is 0 Å². The molecule has 0 N–H and O–H groups in total. The van der Waals surface area contributed by atoms with Gasteiger partial charge < -0.3 is 18.6 Å². The molecule has 0 bridgehead atoms. The number of hydrogen-bond donors (Lipinski definition) is 0. The zero-order chi connectivity index (χ0) is 35.0. The van der Waals surface area contributed by atoms with Gasteiger partial charge in [0, 0.05) is 60.8 Å². The van der Waals surface area contributed by atoms with Gasteiger partial charge in [-0.2, -0.15) is 0 Å². The predicted octanol–water partition coefficient (Wildman–Crippen LogP) is 13.2. The summed E-state index contributed by atoms with van der Waals surface area (Å²) in [6.07, 6.45) is 20.5. The van der Waals surface area contributed by atoms with Crippen molar-refractivity contribution in [2.24, 2.45) is 0 Å². The summed E-state index contributed by atoms with van der Waals surface area (Å²) >= 11 is 0. The van der Waals surface area contributed by atoms with E-state index in [4.69, 9.17) is 18.8 Å². The third-order valence-electron chi connectivity index (χ3n) is 9.98. The molecule has 0 amide bonds. The largest absolute Gasteiger partial charge is 0.436 e. The molecule has 0 aliphatic carbocycles. The van der Waals surface area contributed by atoms with Crippen LogP contribution in [0.15, 0.2) is 69.5 Å². The molecule has 2 aromatic heterocycles. The maximum Gasteiger partial charge on any atom is 0.227 e. The minimum Gasteiger partial charge on any atom is -0.436 e. The zero-order valence-electron chi connectivity index (χ0n) is 31.5. The Labute approximate surface area is 301 Å². The van der Waals surface area contributed by atoms with Gasteiger partial charge in [-0.15, -0.1) is 0 Å². The third-order valence-corrected chi connectivity index (χ3v) is 9.98. The van der Waals surface area contributed by atoms with Crippen molar-refractivity contribution in [1.82, 2.24) is 9.97 Å². The smallest absolute Gasteiger partial charge is 0.227 e. The Balaban J connectivity index is 1.27. The molecule has 0 aliphatic rings. The van der Waals surface area contributed by atoms with Crippen molar-refractivity contribution in [3.8, 4) is 22.9 Å². The van der Waals surface area contributed by atoms with Crippen molar-refractivity contribution in [2.45, 2.75) is 130 Å². The van der Waals surface area contributed by atoms with Crippen LogP contribution in [0.25, 0.3) is 45.1 Å². The first kappa shape index (κ1) is 37.5. The van der Waals surface area contributed by atoms with Crippen molar-refractivity contribution in [3.05, 3.63) is 60.7 Å². The highest BCUT2D eigenvalue weighted by Gasteiger charge is 2.16. The van der Waals surface area contributed by atoms with Gasteiger partial charge in [-0.25, -0.2) is 9.97 Å². The SMILES string of the molecule is CCCCCCN(CCCCCC)c1ccc(-c2nc3cc4oc(-c5ccc(N(CCCCCC)CCCCCC)cc5)nc4cc3o2)cc1. The Morgan fingerprint density at radius 2 is 0.740 bits per heavy atom. The molecule has 0 atom stereocenters. The number of aromatic nitrogens is 2. The molecule has 3 aromatic carbocycles. The summed E-state index contributed by atoms with van der Waals surface area (Å²) < 4.78 is 12.6. The highest BCUT2D eigenvalue weighted by atomic mass is 16.4. The first-order chi connectivity index (χ1) is 24.6. The van der Waals surface area contributed by atoms with Gasteiger partial charge in [0.1, 0.15) is 11.0 Å². The van der Waals surface area contributed by atoms with E-state index in [-0.39, 0.29) is 0 Å². The van der Waals surface area contributed by atoms with Gasteiger partial charge in [-0.1, -0.05) is 105 Å². The molecular formula is C44H62N4O2. The summed E-state index contributed by atoms with van der Waals surface area (Å²) in [5, 5.41) is 0. The average Bonchev–Trinajstić information content (AvgIpc) is 3.76. The number of benzene rings is 3. The van der Waals surface area contributed by atoms with Crippen molar-refractivity contribution in [2.75, 3.05) is 36.0 Å². The van der Waals surface area contributed by atoms with Gasteiger partial charge in [0.05, 0.1) is 0 Å². The maximum absolute atomic E-state index is 6.29. The van der Waals surface area contributed by atoms with Crippen LogP contribution in [0, 0.1) is 0 Å². The van der Waals surface area contributed by atoms with Crippen molar-refractivity contribution in [3.63, 3.8) is 0 Å². The summed E-state index contributed by atoms with van der Waals surface area (Å²) in [6, 6.07) is 21.4. The summed E-state index contributed by atoms with van der Waals surface area (Å²) in [5.41, 5.74) is 7.55. The van der Waals surface area contributed by atoms with Gasteiger partial charge in [-0.3, -0.25) is 0 Å². The Morgan fingerprint density at radius 3 is 1.04 bits per heavy atom. The van der Waals surface area contributed by atoms with E-state index in [9.17, 15) is 0 Å². The van der Waals surface area contributed by atoms with Crippen LogP contribution in [0.3, 0.4) is 0 Å². The maximum atomic E-state index is 6.29. The highest BCUT2D eigenvalue weighted by Crippen LogP contribution is 2.32. The lowest BCUT2D eigenvalue weighted by atomic mass is 10.1. The number of nitrogens with zero attached hydrogens (tertiary/aromatic N) is 4. The fourth-order valence-corrected chi connectivity index (χ4v) is 6.88. The summed E-state index contributed by atoms with van der Waals surface area (Å²) in [6.45, 7) is 13.6. The second kappa shape index (κ2) is 20.1. The lowest BCUT2D eigenvalue weighted by Crippen LogP contribution is -2.25. The van der Waals surface area contributed by atoms with E-state index in [2.05, 4.69) is 86.0 Å². The standard InChI is InChI=1S/C44H62N4O2/c1-5-9-13-17-29-47(30-18-14-10-6-2)37-25-21-35(22-26-37)43-45-39-33-42-40(34-41(39)49-43)46-44(50-42)36-23-27-38(28-24-36)48(31-19-15-11-7-3)32-20-16-12-8-4/h21-28,33-34H,5-20,29-32H2,1-4H3. The molecule has 270 valence electrons. The Kier molecular flexibility index (Phi) is 15.1. The fraction of sp³-hybridized carbons (Fsp3) is 0.545. The van der Waals surface area contributed by atoms with Gasteiger partial charge in [0.2, 0.25) is 11.8 Å². The van der Waals surface area contributed by atoms with Crippen molar-refractivity contribution < 1.29 is 8.83 Å². The molecule has 6 nitrogen and oxygen atoms in total. The molecule has 0 unspecified atom stereocenters. The summed E-state index contributed by atoms with van der Waals surface area (Å²) in [7, 11) is 0. The van der Waals surface area contributed by atoms with Crippen LogP contribution < -0.4 is 9.80 Å². The Morgan fingerprint density at radius 1 is 0.420 bits per heavy atom. The molecule has 0 radical (unpaired) electrons. The molecule has 5 aromatic rings. The zero-order valence-corrected chi connectivity index (χ0v) is 31.5. The Bertz CT molecular complexity index is 1470. The topological polar surface area (TPSA) is 58.5 Å². The molecule has 2 heterocycles. The van der Waals surface area contributed by atoms with Crippen LogP contribution >= 0.6 is 0 Å². The van der Waals surface area contributed by atoms with Crippen molar-refractivity contribution in [1.29, 1.82) is 0 Å².